The Morgan fingerprint density at radius 1 is 1.29 bits per heavy atom. The molecule has 0 unspecified atom stereocenters. The predicted octanol–water partition coefficient (Wildman–Crippen LogP) is 2.10. The summed E-state index contributed by atoms with van der Waals surface area (Å²) in [5.41, 5.74) is -0.172. The maximum Gasteiger partial charge on any atom is 0.306 e. The standard InChI is InChI=1S/C13H17NO6S/c1-10(2)20-13(15)4-3-9-21(18,19)12-7-5-11(6-8-12)14(16)17/h5-8,10H,3-4,9H2,1-2H3. The fourth-order valence-electron chi connectivity index (χ4n) is 1.62. The number of nitro benzene ring substituents is 1. The van der Waals surface area contributed by atoms with Crippen molar-refractivity contribution in [2.24, 2.45) is 0 Å². The second-order valence-corrected chi connectivity index (χ2v) is 6.82. The number of non-ortho nitro benzene ring substituents is 1. The van der Waals surface area contributed by atoms with Crippen molar-refractivity contribution in [1.82, 2.24) is 0 Å². The molecule has 0 aromatic heterocycles. The molecule has 0 aliphatic heterocycles. The van der Waals surface area contributed by atoms with E-state index in [0.29, 0.717) is 0 Å². The van der Waals surface area contributed by atoms with Gasteiger partial charge in [0.05, 0.1) is 21.7 Å². The minimum Gasteiger partial charge on any atom is -0.463 e. The summed E-state index contributed by atoms with van der Waals surface area (Å²) < 4.78 is 28.9. The van der Waals surface area contributed by atoms with Crippen LogP contribution in [0.25, 0.3) is 0 Å². The Kier molecular flexibility index (Phi) is 5.83. The minimum absolute atomic E-state index is 0.00493. The second kappa shape index (κ2) is 7.16. The number of nitro groups is 1. The quantitative estimate of drug-likeness (QED) is 0.433. The summed E-state index contributed by atoms with van der Waals surface area (Å²) in [5, 5.41) is 10.5. The molecule has 0 aliphatic rings. The molecule has 0 N–H and O–H groups in total. The van der Waals surface area contributed by atoms with Crippen molar-refractivity contribution >= 4 is 21.5 Å². The Labute approximate surface area is 123 Å². The van der Waals surface area contributed by atoms with E-state index in [9.17, 15) is 23.3 Å². The average Bonchev–Trinajstić information content (AvgIpc) is 2.37. The Bertz CT molecular complexity index is 606. The number of hydrogen-bond donors (Lipinski definition) is 0. The number of carbonyl (C=O) groups is 1. The monoisotopic (exact) mass is 315 g/mol. The van der Waals surface area contributed by atoms with E-state index in [-0.39, 0.29) is 35.3 Å². The van der Waals surface area contributed by atoms with E-state index in [2.05, 4.69) is 0 Å². The van der Waals surface area contributed by atoms with Crippen molar-refractivity contribution < 1.29 is 22.9 Å². The van der Waals surface area contributed by atoms with Crippen LogP contribution in [0.15, 0.2) is 29.2 Å². The number of ether oxygens (including phenoxy) is 1. The number of esters is 1. The molecule has 0 spiro atoms. The molecule has 8 heteroatoms. The van der Waals surface area contributed by atoms with Gasteiger partial charge in [-0.2, -0.15) is 0 Å². The van der Waals surface area contributed by atoms with Crippen LogP contribution in [0.3, 0.4) is 0 Å². The summed E-state index contributed by atoms with van der Waals surface area (Å²) in [6.45, 7) is 3.43. The van der Waals surface area contributed by atoms with Crippen LogP contribution in [0, 0.1) is 10.1 Å². The molecule has 0 radical (unpaired) electrons. The Morgan fingerprint density at radius 3 is 2.33 bits per heavy atom. The van der Waals surface area contributed by atoms with Crippen LogP contribution in [0.2, 0.25) is 0 Å². The number of nitrogens with zero attached hydrogens (tertiary/aromatic N) is 1. The molecule has 0 saturated carbocycles. The number of sulfone groups is 1. The second-order valence-electron chi connectivity index (χ2n) is 4.71. The molecule has 0 fully saturated rings. The van der Waals surface area contributed by atoms with Gasteiger partial charge in [0.2, 0.25) is 0 Å². The molecule has 21 heavy (non-hydrogen) atoms. The fourth-order valence-corrected chi connectivity index (χ4v) is 2.93. The number of benzene rings is 1. The van der Waals surface area contributed by atoms with Gasteiger partial charge in [-0.05, 0) is 32.4 Å². The van der Waals surface area contributed by atoms with Gasteiger partial charge in [-0.1, -0.05) is 0 Å². The molecular weight excluding hydrogens is 298 g/mol. The van der Waals surface area contributed by atoms with E-state index in [4.69, 9.17) is 4.74 Å². The van der Waals surface area contributed by atoms with Crippen LogP contribution >= 0.6 is 0 Å². The molecule has 1 aromatic rings. The SMILES string of the molecule is CC(C)OC(=O)CCCS(=O)(=O)c1ccc([N+](=O)[O-])cc1. The average molecular weight is 315 g/mol. The van der Waals surface area contributed by atoms with Gasteiger partial charge in [-0.15, -0.1) is 0 Å². The number of hydrogen-bond acceptors (Lipinski definition) is 6. The Balaban J connectivity index is 2.61. The van der Waals surface area contributed by atoms with Gasteiger partial charge in [0.1, 0.15) is 0 Å². The van der Waals surface area contributed by atoms with E-state index in [1.54, 1.807) is 13.8 Å². The van der Waals surface area contributed by atoms with Gasteiger partial charge < -0.3 is 4.74 Å². The Morgan fingerprint density at radius 2 is 1.86 bits per heavy atom. The van der Waals surface area contributed by atoms with Crippen molar-refractivity contribution in [1.29, 1.82) is 0 Å². The highest BCUT2D eigenvalue weighted by atomic mass is 32.2. The van der Waals surface area contributed by atoms with E-state index in [0.717, 1.165) is 12.1 Å². The molecule has 0 atom stereocenters. The van der Waals surface area contributed by atoms with Gasteiger partial charge in [0.15, 0.2) is 9.84 Å². The normalized spacial score (nSPS) is 11.4. The lowest BCUT2D eigenvalue weighted by Gasteiger charge is -2.08. The highest BCUT2D eigenvalue weighted by Crippen LogP contribution is 2.17. The van der Waals surface area contributed by atoms with E-state index >= 15 is 0 Å². The first-order valence-electron chi connectivity index (χ1n) is 6.39. The van der Waals surface area contributed by atoms with E-state index in [1.165, 1.54) is 12.1 Å². The van der Waals surface area contributed by atoms with Crippen molar-refractivity contribution in [2.75, 3.05) is 5.75 Å². The maximum atomic E-state index is 12.0. The zero-order chi connectivity index (χ0) is 16.0. The van der Waals surface area contributed by atoms with Crippen molar-refractivity contribution in [3.05, 3.63) is 34.4 Å². The van der Waals surface area contributed by atoms with Gasteiger partial charge in [-0.25, -0.2) is 8.42 Å². The number of rotatable bonds is 7. The molecule has 0 saturated heterocycles. The molecule has 7 nitrogen and oxygen atoms in total. The molecule has 1 rings (SSSR count). The molecule has 0 aliphatic carbocycles. The number of carbonyl (C=O) groups excluding carboxylic acids is 1. The third-order valence-electron chi connectivity index (χ3n) is 2.57. The predicted molar refractivity (Wildman–Crippen MR) is 75.6 cm³/mol. The largest absolute Gasteiger partial charge is 0.463 e. The summed E-state index contributed by atoms with van der Waals surface area (Å²) in [5.74, 6) is -0.651. The summed E-state index contributed by atoms with van der Waals surface area (Å²) >= 11 is 0. The van der Waals surface area contributed by atoms with Crippen molar-refractivity contribution in [2.45, 2.75) is 37.7 Å². The summed E-state index contributed by atoms with van der Waals surface area (Å²) in [4.78, 5) is 21.2. The lowest BCUT2D eigenvalue weighted by atomic mass is 10.3. The van der Waals surface area contributed by atoms with Crippen LogP contribution in [-0.2, 0) is 19.4 Å². The van der Waals surface area contributed by atoms with Crippen LogP contribution in [0.5, 0.6) is 0 Å². The van der Waals surface area contributed by atoms with E-state index in [1.807, 2.05) is 0 Å². The first kappa shape index (κ1) is 17.1. The topological polar surface area (TPSA) is 104 Å². The fraction of sp³-hybridized carbons (Fsp3) is 0.462. The smallest absolute Gasteiger partial charge is 0.306 e. The van der Waals surface area contributed by atoms with Gasteiger partial charge in [-0.3, -0.25) is 14.9 Å². The summed E-state index contributed by atoms with van der Waals surface area (Å²) in [6.07, 6.45) is -0.0706. The van der Waals surface area contributed by atoms with Crippen LogP contribution < -0.4 is 0 Å². The lowest BCUT2D eigenvalue weighted by Crippen LogP contribution is -2.13. The maximum absolute atomic E-state index is 12.0. The summed E-state index contributed by atoms with van der Waals surface area (Å²) in [7, 11) is -3.56. The molecule has 0 bridgehead atoms. The highest BCUT2D eigenvalue weighted by Gasteiger charge is 2.17. The van der Waals surface area contributed by atoms with Gasteiger partial charge >= 0.3 is 5.97 Å². The lowest BCUT2D eigenvalue weighted by molar-refractivity contribution is -0.384. The van der Waals surface area contributed by atoms with Crippen LogP contribution in [0.1, 0.15) is 26.7 Å². The third-order valence-corrected chi connectivity index (χ3v) is 4.38. The van der Waals surface area contributed by atoms with Gasteiger partial charge in [0, 0.05) is 18.6 Å². The first-order valence-corrected chi connectivity index (χ1v) is 8.04. The van der Waals surface area contributed by atoms with Crippen molar-refractivity contribution in [3.63, 3.8) is 0 Å². The molecule has 0 amide bonds. The van der Waals surface area contributed by atoms with Gasteiger partial charge in [0.25, 0.3) is 5.69 Å². The third kappa shape index (κ3) is 5.50. The Hall–Kier alpha value is -1.96. The summed E-state index contributed by atoms with van der Waals surface area (Å²) in [6, 6.07) is 4.67. The van der Waals surface area contributed by atoms with Crippen LogP contribution in [-0.4, -0.2) is 31.2 Å². The molecule has 0 heterocycles. The molecule has 116 valence electrons. The van der Waals surface area contributed by atoms with Crippen molar-refractivity contribution in [3.8, 4) is 0 Å². The van der Waals surface area contributed by atoms with E-state index < -0.39 is 20.7 Å². The zero-order valence-electron chi connectivity index (χ0n) is 11.8. The molecule has 1 aromatic carbocycles. The van der Waals surface area contributed by atoms with Crippen LogP contribution in [0.4, 0.5) is 5.69 Å². The molecular formula is C13H17NO6S. The highest BCUT2D eigenvalue weighted by molar-refractivity contribution is 7.91. The first-order chi connectivity index (χ1) is 9.72. The zero-order valence-corrected chi connectivity index (χ0v) is 12.6. The minimum atomic E-state index is -3.56.